The van der Waals surface area contributed by atoms with Crippen molar-refractivity contribution in [1.29, 1.82) is 0 Å². The molecule has 1 aliphatic rings. The molecule has 4 aromatic rings. The molecule has 0 atom stereocenters. The maximum Gasteiger partial charge on any atom is 0.145 e. The summed E-state index contributed by atoms with van der Waals surface area (Å²) < 4.78 is 5.59. The number of methoxy groups -OCH3 is 1. The smallest absolute Gasteiger partial charge is 0.145 e. The molecule has 0 spiro atoms. The van der Waals surface area contributed by atoms with E-state index in [1.54, 1.807) is 7.11 Å². The Kier molecular flexibility index (Phi) is 6.29. The summed E-state index contributed by atoms with van der Waals surface area (Å²) in [6.45, 7) is 11.9. The van der Waals surface area contributed by atoms with Crippen LogP contribution in [0.1, 0.15) is 33.8 Å². The molecule has 1 fully saturated rings. The normalized spacial score (nSPS) is 14.0. The first kappa shape index (κ1) is 23.1. The van der Waals surface area contributed by atoms with Crippen LogP contribution in [0.4, 0.5) is 11.6 Å². The van der Waals surface area contributed by atoms with Gasteiger partial charge in [-0.2, -0.15) is 0 Å². The van der Waals surface area contributed by atoms with E-state index in [1.807, 2.05) is 19.1 Å². The standard InChI is InChI=1S/C29H33N5O/c1-19-9-11-23(12-10-19)18-25-21(3)30-22(4)31-29(25)34-15-13-33(14-16-34)27-17-20(2)24-7-6-8-26(35-5)28(24)32-27/h6-12,17H,13-16,18H2,1-5H3. The fourth-order valence-electron chi connectivity index (χ4n) is 4.94. The van der Waals surface area contributed by atoms with Gasteiger partial charge in [-0.3, -0.25) is 0 Å². The Hall–Kier alpha value is -3.67. The predicted molar refractivity (Wildman–Crippen MR) is 143 cm³/mol. The van der Waals surface area contributed by atoms with Crippen molar-refractivity contribution in [3.05, 3.63) is 82.3 Å². The van der Waals surface area contributed by atoms with Crippen molar-refractivity contribution in [2.45, 2.75) is 34.1 Å². The van der Waals surface area contributed by atoms with Crippen LogP contribution in [0, 0.1) is 27.7 Å². The number of pyridine rings is 1. The van der Waals surface area contributed by atoms with Crippen LogP contribution in [0.25, 0.3) is 10.9 Å². The molecule has 6 nitrogen and oxygen atoms in total. The third-order valence-corrected chi connectivity index (χ3v) is 6.92. The second kappa shape index (κ2) is 9.53. The first-order chi connectivity index (χ1) is 16.9. The van der Waals surface area contributed by atoms with Gasteiger partial charge >= 0.3 is 0 Å². The number of fused-ring (bicyclic) bond motifs is 1. The van der Waals surface area contributed by atoms with Crippen molar-refractivity contribution >= 4 is 22.5 Å². The highest BCUT2D eigenvalue weighted by molar-refractivity contribution is 5.89. The van der Waals surface area contributed by atoms with Crippen LogP contribution < -0.4 is 14.5 Å². The number of rotatable bonds is 5. The van der Waals surface area contributed by atoms with E-state index in [-0.39, 0.29) is 0 Å². The molecule has 0 amide bonds. The lowest BCUT2D eigenvalue weighted by atomic mass is 10.0. The number of anilines is 2. The fourth-order valence-corrected chi connectivity index (χ4v) is 4.94. The number of aromatic nitrogens is 3. The quantitative estimate of drug-likeness (QED) is 0.403. The minimum atomic E-state index is 0.818. The zero-order valence-electron chi connectivity index (χ0n) is 21.3. The van der Waals surface area contributed by atoms with Crippen molar-refractivity contribution in [3.63, 3.8) is 0 Å². The van der Waals surface area contributed by atoms with E-state index in [1.165, 1.54) is 22.3 Å². The third-order valence-electron chi connectivity index (χ3n) is 6.92. The van der Waals surface area contributed by atoms with E-state index >= 15 is 0 Å². The summed E-state index contributed by atoms with van der Waals surface area (Å²) >= 11 is 0. The van der Waals surface area contributed by atoms with E-state index in [9.17, 15) is 0 Å². The largest absolute Gasteiger partial charge is 0.494 e. The molecule has 180 valence electrons. The van der Waals surface area contributed by atoms with Gasteiger partial charge in [-0.15, -0.1) is 0 Å². The lowest BCUT2D eigenvalue weighted by Gasteiger charge is -2.37. The molecule has 0 N–H and O–H groups in total. The van der Waals surface area contributed by atoms with E-state index in [0.29, 0.717) is 0 Å². The lowest BCUT2D eigenvalue weighted by molar-refractivity contribution is 0.419. The number of hydrogen-bond acceptors (Lipinski definition) is 6. The number of para-hydroxylation sites is 1. The summed E-state index contributed by atoms with van der Waals surface area (Å²) in [5.41, 5.74) is 6.99. The molecular formula is C29H33N5O. The molecule has 3 heterocycles. The van der Waals surface area contributed by atoms with E-state index in [2.05, 4.69) is 67.0 Å². The average molecular weight is 468 g/mol. The molecule has 5 rings (SSSR count). The molecule has 35 heavy (non-hydrogen) atoms. The molecule has 1 saturated heterocycles. The van der Waals surface area contributed by atoms with Crippen molar-refractivity contribution < 1.29 is 4.74 Å². The van der Waals surface area contributed by atoms with E-state index in [4.69, 9.17) is 19.7 Å². The Morgan fingerprint density at radius 1 is 0.829 bits per heavy atom. The summed E-state index contributed by atoms with van der Waals surface area (Å²) in [6.07, 6.45) is 0.840. The molecule has 2 aromatic heterocycles. The molecule has 1 aliphatic heterocycles. The predicted octanol–water partition coefficient (Wildman–Crippen LogP) is 5.18. The molecule has 0 aliphatic carbocycles. The Balaban J connectivity index is 1.39. The maximum atomic E-state index is 5.59. The summed E-state index contributed by atoms with van der Waals surface area (Å²) in [5.74, 6) is 3.72. The second-order valence-electron chi connectivity index (χ2n) is 9.45. The number of aryl methyl sites for hydroxylation is 4. The van der Waals surface area contributed by atoms with Crippen molar-refractivity contribution in [1.82, 2.24) is 15.0 Å². The average Bonchev–Trinajstić information content (AvgIpc) is 2.86. The van der Waals surface area contributed by atoms with Gasteiger partial charge in [-0.25, -0.2) is 15.0 Å². The minimum absolute atomic E-state index is 0.818. The molecular weight excluding hydrogens is 434 g/mol. The zero-order valence-corrected chi connectivity index (χ0v) is 21.3. The Morgan fingerprint density at radius 3 is 2.26 bits per heavy atom. The van der Waals surface area contributed by atoms with Crippen molar-refractivity contribution in [2.24, 2.45) is 0 Å². The second-order valence-corrected chi connectivity index (χ2v) is 9.45. The molecule has 0 unspecified atom stereocenters. The monoisotopic (exact) mass is 467 g/mol. The van der Waals surface area contributed by atoms with Gasteiger partial charge in [0.2, 0.25) is 0 Å². The van der Waals surface area contributed by atoms with Crippen LogP contribution in [-0.4, -0.2) is 48.2 Å². The number of hydrogen-bond donors (Lipinski definition) is 0. The number of ether oxygens (including phenoxy) is 1. The Morgan fingerprint density at radius 2 is 1.54 bits per heavy atom. The van der Waals surface area contributed by atoms with Crippen LogP contribution in [0.3, 0.4) is 0 Å². The molecule has 6 heteroatoms. The van der Waals surface area contributed by atoms with E-state index in [0.717, 1.165) is 72.4 Å². The minimum Gasteiger partial charge on any atom is -0.494 e. The molecule has 2 aromatic carbocycles. The van der Waals surface area contributed by atoms with Crippen LogP contribution in [-0.2, 0) is 6.42 Å². The van der Waals surface area contributed by atoms with Gasteiger partial charge in [-0.1, -0.05) is 42.0 Å². The highest BCUT2D eigenvalue weighted by atomic mass is 16.5. The fraction of sp³-hybridized carbons (Fsp3) is 0.345. The first-order valence-electron chi connectivity index (χ1n) is 12.3. The van der Waals surface area contributed by atoms with Gasteiger partial charge in [-0.05, 0) is 51.0 Å². The summed E-state index contributed by atoms with van der Waals surface area (Å²) in [5, 5.41) is 1.14. The van der Waals surface area contributed by atoms with Gasteiger partial charge in [0.15, 0.2) is 0 Å². The van der Waals surface area contributed by atoms with Crippen LogP contribution in [0.2, 0.25) is 0 Å². The van der Waals surface area contributed by atoms with Crippen LogP contribution in [0.5, 0.6) is 5.75 Å². The van der Waals surface area contributed by atoms with Crippen LogP contribution >= 0.6 is 0 Å². The third kappa shape index (κ3) is 4.65. The van der Waals surface area contributed by atoms with Gasteiger partial charge in [0, 0.05) is 49.2 Å². The summed E-state index contributed by atoms with van der Waals surface area (Å²) in [4.78, 5) is 19.4. The first-order valence-corrected chi connectivity index (χ1v) is 12.3. The van der Waals surface area contributed by atoms with Crippen molar-refractivity contribution in [2.75, 3.05) is 43.1 Å². The molecule has 0 saturated carbocycles. The Bertz CT molecular complexity index is 1360. The number of benzene rings is 2. The zero-order chi connectivity index (χ0) is 24.5. The molecule has 0 radical (unpaired) electrons. The van der Waals surface area contributed by atoms with Gasteiger partial charge in [0.05, 0.1) is 7.11 Å². The Labute approximate surface area is 207 Å². The van der Waals surface area contributed by atoms with Gasteiger partial charge in [0.25, 0.3) is 0 Å². The summed E-state index contributed by atoms with van der Waals surface area (Å²) in [6, 6.07) is 17.1. The van der Waals surface area contributed by atoms with Crippen molar-refractivity contribution in [3.8, 4) is 5.75 Å². The maximum absolute atomic E-state index is 5.59. The lowest BCUT2D eigenvalue weighted by Crippen LogP contribution is -2.47. The van der Waals surface area contributed by atoms with Gasteiger partial charge < -0.3 is 14.5 Å². The highest BCUT2D eigenvalue weighted by Gasteiger charge is 2.24. The van der Waals surface area contributed by atoms with E-state index < -0.39 is 0 Å². The summed E-state index contributed by atoms with van der Waals surface area (Å²) in [7, 11) is 1.71. The van der Waals surface area contributed by atoms with Gasteiger partial charge in [0.1, 0.15) is 28.7 Å². The molecule has 0 bridgehead atoms. The number of nitrogens with zero attached hydrogens (tertiary/aromatic N) is 5. The highest BCUT2D eigenvalue weighted by Crippen LogP contribution is 2.31. The number of piperazine rings is 1. The SMILES string of the molecule is COc1cccc2c(C)cc(N3CCN(c4nc(C)nc(C)c4Cc4ccc(C)cc4)CC3)nc12. The van der Waals surface area contributed by atoms with Crippen LogP contribution in [0.15, 0.2) is 48.5 Å². The topological polar surface area (TPSA) is 54.4 Å².